The van der Waals surface area contributed by atoms with Crippen molar-refractivity contribution in [1.82, 2.24) is 9.97 Å². The van der Waals surface area contributed by atoms with E-state index in [-0.39, 0.29) is 4.90 Å². The Bertz CT molecular complexity index is 741. The first kappa shape index (κ1) is 15.5. The maximum absolute atomic E-state index is 12.3. The maximum atomic E-state index is 12.3. The summed E-state index contributed by atoms with van der Waals surface area (Å²) < 4.78 is 28.0. The van der Waals surface area contributed by atoms with Crippen LogP contribution in [-0.2, 0) is 10.0 Å². The summed E-state index contributed by atoms with van der Waals surface area (Å²) in [5.41, 5.74) is 0.362. The Morgan fingerprint density at radius 3 is 2.23 bits per heavy atom. The van der Waals surface area contributed by atoms with Crippen molar-refractivity contribution in [3.8, 4) is 0 Å². The molecule has 0 atom stereocenters. The fraction of sp³-hybridized carbons (Fsp3) is 0.286. The third-order valence-electron chi connectivity index (χ3n) is 3.40. The van der Waals surface area contributed by atoms with Gasteiger partial charge in [-0.3, -0.25) is 4.72 Å². The number of sulfonamides is 1. The molecule has 0 saturated carbocycles. The van der Waals surface area contributed by atoms with Crippen LogP contribution in [0.1, 0.15) is 12.8 Å². The lowest BCUT2D eigenvalue weighted by atomic mass is 10.4. The van der Waals surface area contributed by atoms with E-state index in [4.69, 9.17) is 0 Å². The molecule has 1 fully saturated rings. The van der Waals surface area contributed by atoms with Gasteiger partial charge in [0.05, 0.1) is 23.0 Å². The molecule has 1 N–H and O–H groups in total. The lowest BCUT2D eigenvalue weighted by Crippen LogP contribution is -2.20. The van der Waals surface area contributed by atoms with Crippen LogP contribution in [0.15, 0.2) is 41.6 Å². The molecular formula is C14H15IN4O2S. The van der Waals surface area contributed by atoms with E-state index in [1.807, 2.05) is 0 Å². The Labute approximate surface area is 143 Å². The number of nitrogens with one attached hydrogen (secondary N) is 1. The fourth-order valence-corrected chi connectivity index (χ4v) is 3.67. The van der Waals surface area contributed by atoms with E-state index in [2.05, 4.69) is 42.2 Å². The smallest absolute Gasteiger partial charge is 0.261 e. The van der Waals surface area contributed by atoms with Crippen molar-refractivity contribution in [2.75, 3.05) is 22.7 Å². The van der Waals surface area contributed by atoms with Gasteiger partial charge in [0.1, 0.15) is 0 Å². The SMILES string of the molecule is O=S(=O)(Nc1cnc(N2CCCC2)nc1)c1ccc(I)cc1. The monoisotopic (exact) mass is 430 g/mol. The summed E-state index contributed by atoms with van der Waals surface area (Å²) in [5, 5.41) is 0. The molecule has 1 aromatic heterocycles. The van der Waals surface area contributed by atoms with Gasteiger partial charge in [-0.05, 0) is 59.7 Å². The van der Waals surface area contributed by atoms with Crippen molar-refractivity contribution in [2.45, 2.75) is 17.7 Å². The fourth-order valence-electron chi connectivity index (χ4n) is 2.28. The van der Waals surface area contributed by atoms with Crippen molar-refractivity contribution < 1.29 is 8.42 Å². The minimum absolute atomic E-state index is 0.219. The van der Waals surface area contributed by atoms with Gasteiger partial charge in [-0.2, -0.15) is 0 Å². The van der Waals surface area contributed by atoms with Crippen molar-refractivity contribution in [3.63, 3.8) is 0 Å². The van der Waals surface area contributed by atoms with Crippen molar-refractivity contribution in [2.24, 2.45) is 0 Å². The van der Waals surface area contributed by atoms with Gasteiger partial charge in [-0.1, -0.05) is 0 Å². The summed E-state index contributed by atoms with van der Waals surface area (Å²) in [4.78, 5) is 10.8. The Hall–Kier alpha value is -1.42. The number of nitrogens with zero attached hydrogens (tertiary/aromatic N) is 3. The van der Waals surface area contributed by atoms with Crippen molar-refractivity contribution in [3.05, 3.63) is 40.2 Å². The van der Waals surface area contributed by atoms with Crippen molar-refractivity contribution in [1.29, 1.82) is 0 Å². The normalized spacial score (nSPS) is 15.0. The van der Waals surface area contributed by atoms with Crippen LogP contribution in [-0.4, -0.2) is 31.5 Å². The predicted molar refractivity (Wildman–Crippen MR) is 93.4 cm³/mol. The highest BCUT2D eigenvalue weighted by Gasteiger charge is 2.17. The van der Waals surface area contributed by atoms with Gasteiger partial charge in [0.25, 0.3) is 10.0 Å². The predicted octanol–water partition coefficient (Wildman–Crippen LogP) is 2.48. The molecule has 0 bridgehead atoms. The van der Waals surface area contributed by atoms with E-state index in [1.165, 1.54) is 12.4 Å². The number of rotatable bonds is 4. The van der Waals surface area contributed by atoms with Crippen LogP contribution in [0.5, 0.6) is 0 Å². The Morgan fingerprint density at radius 2 is 1.64 bits per heavy atom. The molecule has 22 heavy (non-hydrogen) atoms. The highest BCUT2D eigenvalue weighted by Crippen LogP contribution is 2.19. The molecule has 6 nitrogen and oxygen atoms in total. The van der Waals surface area contributed by atoms with E-state index >= 15 is 0 Å². The van der Waals surface area contributed by atoms with Crippen LogP contribution in [0.4, 0.5) is 11.6 Å². The minimum atomic E-state index is -3.61. The van der Waals surface area contributed by atoms with E-state index in [9.17, 15) is 8.42 Å². The molecule has 8 heteroatoms. The molecule has 1 saturated heterocycles. The molecule has 0 unspecified atom stereocenters. The summed E-state index contributed by atoms with van der Waals surface area (Å²) in [6, 6.07) is 6.65. The topological polar surface area (TPSA) is 75.2 Å². The lowest BCUT2D eigenvalue weighted by Gasteiger charge is -2.15. The first-order valence-electron chi connectivity index (χ1n) is 6.90. The average molecular weight is 430 g/mol. The zero-order valence-corrected chi connectivity index (χ0v) is 14.7. The zero-order chi connectivity index (χ0) is 15.6. The summed E-state index contributed by atoms with van der Waals surface area (Å²) >= 11 is 2.13. The molecule has 0 radical (unpaired) electrons. The van der Waals surface area contributed by atoms with Gasteiger partial charge in [0.2, 0.25) is 5.95 Å². The largest absolute Gasteiger partial charge is 0.341 e. The summed E-state index contributed by atoms with van der Waals surface area (Å²) in [6.07, 6.45) is 5.30. The molecule has 2 heterocycles. The quantitative estimate of drug-likeness (QED) is 0.755. The number of anilines is 2. The number of hydrogen-bond acceptors (Lipinski definition) is 5. The van der Waals surface area contributed by atoms with Gasteiger partial charge in [-0.25, -0.2) is 18.4 Å². The second-order valence-electron chi connectivity index (χ2n) is 5.03. The molecule has 3 rings (SSSR count). The van der Waals surface area contributed by atoms with Gasteiger partial charge in [0.15, 0.2) is 0 Å². The van der Waals surface area contributed by atoms with Crippen LogP contribution in [0.2, 0.25) is 0 Å². The second kappa shape index (κ2) is 6.37. The second-order valence-corrected chi connectivity index (χ2v) is 7.95. The molecule has 1 aliphatic rings. The Balaban J connectivity index is 1.75. The van der Waals surface area contributed by atoms with Crippen LogP contribution >= 0.6 is 22.6 Å². The van der Waals surface area contributed by atoms with Crippen LogP contribution < -0.4 is 9.62 Å². The lowest BCUT2D eigenvalue weighted by molar-refractivity contribution is 0.601. The Kier molecular flexibility index (Phi) is 4.48. The number of benzene rings is 1. The first-order chi connectivity index (χ1) is 10.5. The average Bonchev–Trinajstić information content (AvgIpc) is 3.02. The first-order valence-corrected chi connectivity index (χ1v) is 9.46. The standard InChI is InChI=1S/C14H15IN4O2S/c15-11-3-5-13(6-4-11)22(20,21)18-12-9-16-14(17-10-12)19-7-1-2-8-19/h3-6,9-10,18H,1-2,7-8H2. The highest BCUT2D eigenvalue weighted by molar-refractivity contribution is 14.1. The number of aromatic nitrogens is 2. The van der Waals surface area contributed by atoms with Crippen molar-refractivity contribution >= 4 is 44.2 Å². The Morgan fingerprint density at radius 1 is 1.05 bits per heavy atom. The number of halogens is 1. The highest BCUT2D eigenvalue weighted by atomic mass is 127. The minimum Gasteiger partial charge on any atom is -0.341 e. The molecule has 1 aromatic carbocycles. The third kappa shape index (κ3) is 3.49. The maximum Gasteiger partial charge on any atom is 0.261 e. The van der Waals surface area contributed by atoms with E-state index in [0.717, 1.165) is 29.5 Å². The third-order valence-corrected chi connectivity index (χ3v) is 5.52. The van der Waals surface area contributed by atoms with Gasteiger partial charge >= 0.3 is 0 Å². The van der Waals surface area contributed by atoms with Gasteiger partial charge in [-0.15, -0.1) is 0 Å². The van der Waals surface area contributed by atoms with Gasteiger partial charge in [0, 0.05) is 16.7 Å². The van der Waals surface area contributed by atoms with E-state index in [0.29, 0.717) is 11.6 Å². The summed E-state index contributed by atoms with van der Waals surface area (Å²) in [5.74, 6) is 0.648. The molecule has 2 aromatic rings. The molecule has 1 aliphatic heterocycles. The van der Waals surface area contributed by atoms with E-state index < -0.39 is 10.0 Å². The molecule has 0 aliphatic carbocycles. The summed E-state index contributed by atoms with van der Waals surface area (Å²) in [7, 11) is -3.61. The molecule has 116 valence electrons. The summed E-state index contributed by atoms with van der Waals surface area (Å²) in [6.45, 7) is 1.90. The van der Waals surface area contributed by atoms with Crippen LogP contribution in [0.3, 0.4) is 0 Å². The zero-order valence-electron chi connectivity index (χ0n) is 11.7. The number of hydrogen-bond donors (Lipinski definition) is 1. The molecule has 0 spiro atoms. The molecular weight excluding hydrogens is 415 g/mol. The van der Waals surface area contributed by atoms with E-state index in [1.54, 1.807) is 24.3 Å². The van der Waals surface area contributed by atoms with Gasteiger partial charge < -0.3 is 4.90 Å². The molecule has 0 amide bonds. The van der Waals surface area contributed by atoms with Crippen LogP contribution in [0.25, 0.3) is 0 Å². The van der Waals surface area contributed by atoms with Crippen LogP contribution in [0, 0.1) is 3.57 Å².